The molecule has 0 aromatic heterocycles. The first-order chi connectivity index (χ1) is 14.5. The molecule has 0 bridgehead atoms. The maximum atomic E-state index is 6.25. The molecule has 0 radical (unpaired) electrons. The van der Waals surface area contributed by atoms with Gasteiger partial charge in [0.2, 0.25) is 6.87 Å². The molecule has 0 N–H and O–H groups in total. The Morgan fingerprint density at radius 3 is 1.94 bits per heavy atom. The summed E-state index contributed by atoms with van der Waals surface area (Å²) in [6, 6.07) is 5.03. The zero-order valence-electron chi connectivity index (χ0n) is 19.9. The highest BCUT2D eigenvalue weighted by atomic mass is 30.4. The monoisotopic (exact) mass is 570 g/mol. The molecule has 1 aromatic carbocycles. The van der Waals surface area contributed by atoms with Crippen LogP contribution in [0.1, 0.15) is 11.1 Å². The lowest BCUT2D eigenvalue weighted by Crippen LogP contribution is -2.88. The van der Waals surface area contributed by atoms with E-state index in [9.17, 15) is 0 Å². The summed E-state index contributed by atoms with van der Waals surface area (Å²) in [4.78, 5) is 0. The van der Waals surface area contributed by atoms with Gasteiger partial charge in [0, 0.05) is 31.2 Å². The summed E-state index contributed by atoms with van der Waals surface area (Å²) < 4.78 is 29.7. The van der Waals surface area contributed by atoms with Crippen molar-refractivity contribution in [1.29, 1.82) is 0 Å². The largest absolute Gasteiger partial charge is 0.514 e. The third-order valence-electron chi connectivity index (χ3n) is 6.09. The van der Waals surface area contributed by atoms with Crippen LogP contribution in [0.25, 0.3) is 0 Å². The minimum absolute atomic E-state index is 0.820. The number of benzene rings is 1. The van der Waals surface area contributed by atoms with Gasteiger partial charge in [-0.3, -0.25) is 0 Å². The molecule has 0 amide bonds. The summed E-state index contributed by atoms with van der Waals surface area (Å²) in [5.41, 5.74) is 2.18. The van der Waals surface area contributed by atoms with Crippen molar-refractivity contribution in [2.45, 2.75) is 19.4 Å². The van der Waals surface area contributed by atoms with Crippen LogP contribution < -0.4 is 9.47 Å². The van der Waals surface area contributed by atoms with Gasteiger partial charge in [0.25, 0.3) is 0 Å². The molecule has 0 spiro atoms. The molecular formula is C17H34O5Si9. The first kappa shape index (κ1) is 27.9. The topological polar surface area (TPSA) is 46.2 Å². The lowest BCUT2D eigenvalue weighted by Gasteiger charge is -2.50. The van der Waals surface area contributed by atoms with Crippen molar-refractivity contribution in [3.8, 4) is 49.1 Å². The van der Waals surface area contributed by atoms with Gasteiger partial charge in [-0.2, -0.15) is 0 Å². The van der Waals surface area contributed by atoms with E-state index in [0.29, 0.717) is 0 Å². The quantitative estimate of drug-likeness (QED) is 0.197. The van der Waals surface area contributed by atoms with Crippen LogP contribution in [0.3, 0.4) is 0 Å². The van der Waals surface area contributed by atoms with E-state index in [1.165, 1.54) is 29.3 Å². The number of methoxy groups -OCH3 is 2. The van der Waals surface area contributed by atoms with Gasteiger partial charge < -0.3 is 22.8 Å². The molecule has 1 unspecified atom stereocenters. The van der Waals surface area contributed by atoms with Crippen LogP contribution in [-0.2, 0) is 19.7 Å². The third-order valence-corrected chi connectivity index (χ3v) is 155. The molecule has 168 valence electrons. The van der Waals surface area contributed by atoms with Crippen LogP contribution in [0.15, 0.2) is 12.1 Å². The van der Waals surface area contributed by atoms with Crippen LogP contribution in [0, 0.1) is 44.5 Å². The molecule has 1 rings (SSSR count). The third kappa shape index (κ3) is 5.81. The average Bonchev–Trinajstić information content (AvgIpc) is 2.67. The second-order valence-electron chi connectivity index (χ2n) is 8.85. The Morgan fingerprint density at radius 1 is 0.935 bits per heavy atom. The SMILES string of the molecule is C#CO[SiH](OC#C)[Si](CCc1c(OC)ccc(C)c1OC)([Si]([SiH3])([SiH3])[SiH3])[Si]([SiH3])([SiH3])OC#C. The Balaban J connectivity index is 3.75. The molecule has 0 heterocycles. The van der Waals surface area contributed by atoms with Crippen LogP contribution >= 0.6 is 0 Å². The molecular weight excluding hydrogens is 537 g/mol. The minimum Gasteiger partial charge on any atom is -0.514 e. The molecule has 1 aromatic rings. The summed E-state index contributed by atoms with van der Waals surface area (Å²) in [5, 5.41) is 0. The Kier molecular flexibility index (Phi) is 10.5. The highest BCUT2D eigenvalue weighted by Gasteiger charge is 2.68. The summed E-state index contributed by atoms with van der Waals surface area (Å²) in [6.45, 7) is -2.21. The fourth-order valence-corrected chi connectivity index (χ4v) is 274. The molecule has 0 aliphatic carbocycles. The molecule has 0 aliphatic rings. The smallest absolute Gasteiger partial charge is 0.432 e. The van der Waals surface area contributed by atoms with E-state index in [1.807, 2.05) is 12.1 Å². The number of aryl methyl sites for hydroxylation is 1. The maximum Gasteiger partial charge on any atom is 0.432 e. The lowest BCUT2D eigenvalue weighted by molar-refractivity contribution is 0.383. The molecule has 0 fully saturated rings. The Hall–Kier alpha value is -1.15. The number of hydrogen-bond acceptors (Lipinski definition) is 5. The average molecular weight is 571 g/mol. The highest BCUT2D eigenvalue weighted by molar-refractivity contribution is 8.11. The minimum atomic E-state index is -2.31. The van der Waals surface area contributed by atoms with Crippen molar-refractivity contribution in [1.82, 2.24) is 0 Å². The number of terminal acetylenes is 3. The van der Waals surface area contributed by atoms with Gasteiger partial charge in [-0.25, -0.2) is 0 Å². The predicted octanol–water partition coefficient (Wildman–Crippen LogP) is -5.01. The Bertz CT molecular complexity index is 881. The van der Waals surface area contributed by atoms with Crippen molar-refractivity contribution in [3.63, 3.8) is 0 Å². The second kappa shape index (κ2) is 11.6. The van der Waals surface area contributed by atoms with Gasteiger partial charge in [-0.05, 0) is 54.3 Å². The molecule has 5 nitrogen and oxygen atoms in total. The second-order valence-corrected chi connectivity index (χ2v) is 116. The van der Waals surface area contributed by atoms with E-state index in [-0.39, 0.29) is 0 Å². The summed E-state index contributed by atoms with van der Waals surface area (Å²) in [6.07, 6.45) is 23.8. The van der Waals surface area contributed by atoms with Gasteiger partial charge in [0.05, 0.1) is 32.5 Å². The van der Waals surface area contributed by atoms with Gasteiger partial charge >= 0.3 is 8.80 Å². The fraction of sp³-hybridized carbons (Fsp3) is 0.294. The van der Waals surface area contributed by atoms with E-state index in [4.69, 9.17) is 42.0 Å². The van der Waals surface area contributed by atoms with E-state index in [1.54, 1.807) is 14.2 Å². The van der Waals surface area contributed by atoms with Crippen molar-refractivity contribution in [2.75, 3.05) is 14.2 Å². The molecule has 31 heavy (non-hydrogen) atoms. The molecule has 0 aliphatic heterocycles. The van der Waals surface area contributed by atoms with Crippen molar-refractivity contribution in [2.24, 2.45) is 0 Å². The number of hydrogen-bond donors (Lipinski definition) is 0. The van der Waals surface area contributed by atoms with Crippen molar-refractivity contribution < 1.29 is 22.8 Å². The van der Waals surface area contributed by atoms with Gasteiger partial charge in [0.15, 0.2) is 6.63 Å². The van der Waals surface area contributed by atoms with Gasteiger partial charge in [-0.15, -0.1) is 0 Å². The summed E-state index contributed by atoms with van der Waals surface area (Å²) >= 11 is 0. The first-order valence-electron chi connectivity index (χ1n) is 10.0. The van der Waals surface area contributed by atoms with Crippen molar-refractivity contribution >= 4 is 77.2 Å². The van der Waals surface area contributed by atoms with Crippen LogP contribution in [0.4, 0.5) is 0 Å². The lowest BCUT2D eigenvalue weighted by atomic mass is 10.1. The Labute approximate surface area is 205 Å². The van der Waals surface area contributed by atoms with Gasteiger partial charge in [0.1, 0.15) is 11.5 Å². The zero-order valence-corrected chi connectivity index (χ0v) is 34.1. The molecule has 1 atom stereocenters. The molecule has 0 saturated carbocycles. The standard InChI is InChI=1S/C17H34O5Si9/c1-7-20-28(21-8-2)29(31(25,26)27,30(23,24)22-9-3)13-12-15-16(18-5)11-10-14(4)17(15)19-6/h1-3,10-11,28H,12-13H2,4-6,23-27H3. The number of ether oxygens (including phenoxy) is 2. The van der Waals surface area contributed by atoms with E-state index in [2.05, 4.69) is 25.2 Å². The number of rotatable bonds is 11. The maximum absolute atomic E-state index is 6.25. The van der Waals surface area contributed by atoms with Crippen LogP contribution in [0.5, 0.6) is 11.5 Å². The molecule has 0 saturated heterocycles. The normalized spacial score (nSPS) is 16.8. The van der Waals surface area contributed by atoms with Gasteiger partial charge in [-0.1, -0.05) is 31.4 Å². The Morgan fingerprint density at radius 2 is 1.52 bits per heavy atom. The van der Waals surface area contributed by atoms with E-state index < -0.39 is 28.4 Å². The molecule has 14 heteroatoms. The first-order valence-corrected chi connectivity index (χ1v) is 38.4. The van der Waals surface area contributed by atoms with Crippen LogP contribution in [-0.4, -0.2) is 91.5 Å². The summed E-state index contributed by atoms with van der Waals surface area (Å²) in [5.74, 6) is 1.72. The summed E-state index contributed by atoms with van der Waals surface area (Å²) in [7, 11) is 6.58. The van der Waals surface area contributed by atoms with Crippen molar-refractivity contribution in [3.05, 3.63) is 23.3 Å². The van der Waals surface area contributed by atoms with Crippen LogP contribution in [0.2, 0.25) is 6.04 Å². The van der Waals surface area contributed by atoms with E-state index in [0.717, 1.165) is 54.6 Å². The fourth-order valence-electron chi connectivity index (χ4n) is 4.68. The van der Waals surface area contributed by atoms with E-state index >= 15 is 0 Å². The predicted molar refractivity (Wildman–Crippen MR) is 157 cm³/mol. The zero-order chi connectivity index (χ0) is 23.9. The highest BCUT2D eigenvalue weighted by Crippen LogP contribution is 2.37.